The van der Waals surface area contributed by atoms with Crippen molar-refractivity contribution in [2.75, 3.05) is 47.5 Å². The molecule has 0 bridgehead atoms. The summed E-state index contributed by atoms with van der Waals surface area (Å²) in [5.41, 5.74) is 0. The third-order valence-corrected chi connectivity index (χ3v) is 18.5. The lowest BCUT2D eigenvalue weighted by molar-refractivity contribution is -0.870. The molecule has 2 unspecified atom stereocenters. The molecule has 1 N–H and O–H groups in total. The Morgan fingerprint density at radius 1 is 0.356 bits per heavy atom. The Hall–Kier alpha value is -2.29. The Labute approximate surface area is 559 Å². The van der Waals surface area contributed by atoms with E-state index in [4.69, 9.17) is 18.5 Å². The Balaban J connectivity index is 3.94. The normalized spacial score (nSPS) is 13.4. The minimum Gasteiger partial charge on any atom is -0.462 e. The van der Waals surface area contributed by atoms with Gasteiger partial charge in [-0.2, -0.15) is 0 Å². The summed E-state index contributed by atoms with van der Waals surface area (Å²) in [7, 11) is 1.50. The van der Waals surface area contributed by atoms with Crippen LogP contribution in [0.2, 0.25) is 0 Å². The predicted molar refractivity (Wildman–Crippen MR) is 390 cm³/mol. The molecule has 10 heteroatoms. The van der Waals surface area contributed by atoms with Gasteiger partial charge in [-0.25, -0.2) is 4.57 Å². The molecule has 528 valence electrons. The van der Waals surface area contributed by atoms with Gasteiger partial charge in [-0.15, -0.1) is 0 Å². The quantitative estimate of drug-likeness (QED) is 0.0211. The molecule has 0 rings (SSSR count). The van der Waals surface area contributed by atoms with Crippen LogP contribution in [-0.2, 0) is 32.7 Å². The second kappa shape index (κ2) is 71.0. The second-order valence-corrected chi connectivity index (χ2v) is 29.2. The highest BCUT2D eigenvalue weighted by Crippen LogP contribution is 2.43. The first kappa shape index (κ1) is 87.7. The molecule has 0 amide bonds. The second-order valence-electron chi connectivity index (χ2n) is 27.7. The maximum Gasteiger partial charge on any atom is 0.472 e. The van der Waals surface area contributed by atoms with Crippen molar-refractivity contribution in [3.63, 3.8) is 0 Å². The molecule has 0 aliphatic carbocycles. The van der Waals surface area contributed by atoms with Gasteiger partial charge in [0.1, 0.15) is 19.8 Å². The molecule has 0 saturated heterocycles. The fourth-order valence-corrected chi connectivity index (χ4v) is 12.4. The molecule has 0 aromatic rings. The Morgan fingerprint density at radius 3 is 0.944 bits per heavy atom. The lowest BCUT2D eigenvalue weighted by atomic mass is 10.0. The van der Waals surface area contributed by atoms with Gasteiger partial charge in [0.25, 0.3) is 0 Å². The summed E-state index contributed by atoms with van der Waals surface area (Å²) < 4.78 is 34.8. The number of hydrogen-bond donors (Lipinski definition) is 1. The van der Waals surface area contributed by atoms with Gasteiger partial charge in [0.15, 0.2) is 6.10 Å². The number of allylic oxidation sites excluding steroid dienone is 10. The largest absolute Gasteiger partial charge is 0.472 e. The average molecular weight is 1290 g/mol. The fourth-order valence-electron chi connectivity index (χ4n) is 11.6. The summed E-state index contributed by atoms with van der Waals surface area (Å²) in [6.07, 6.45) is 95.1. The topological polar surface area (TPSA) is 108 Å². The maximum atomic E-state index is 12.9. The summed E-state index contributed by atoms with van der Waals surface area (Å²) in [4.78, 5) is 36.0. The van der Waals surface area contributed by atoms with Gasteiger partial charge in [0, 0.05) is 12.8 Å². The van der Waals surface area contributed by atoms with Crippen molar-refractivity contribution in [2.24, 2.45) is 0 Å². The fraction of sp³-hybridized carbons (Fsp3) is 0.850. The molecule has 0 aliphatic rings. The van der Waals surface area contributed by atoms with Crippen LogP contribution in [0.4, 0.5) is 0 Å². The van der Waals surface area contributed by atoms with E-state index in [9.17, 15) is 19.0 Å². The lowest BCUT2D eigenvalue weighted by Crippen LogP contribution is -2.37. The number of hydrogen-bond acceptors (Lipinski definition) is 7. The standard InChI is InChI=1S/C80H150NO8P/c1-6-8-10-12-14-16-18-20-22-24-26-28-30-32-34-36-38-39-40-41-43-45-47-49-51-53-55-57-59-61-63-65-67-69-71-73-80(83)89-78(77-88-90(84,85)87-75-74-81(3,4)5)76-86-79(82)72-70-68-66-64-62-60-58-56-54-52-50-48-46-44-42-37-35-33-31-29-27-25-23-21-19-17-15-13-11-9-7-2/h8,10,14,16,20,22,26,28,32,34,78H,6-7,9,11-13,15,17-19,21,23-25,27,29-31,33,35-77H2,1-5H3/p+1/b10-8-,16-14-,22-20-,28-26-,34-32-. The van der Waals surface area contributed by atoms with Crippen molar-refractivity contribution < 1.29 is 42.1 Å². The number of phosphoric ester groups is 1. The van der Waals surface area contributed by atoms with Crippen LogP contribution in [-0.4, -0.2) is 74.9 Å². The van der Waals surface area contributed by atoms with Crippen molar-refractivity contribution in [3.8, 4) is 0 Å². The van der Waals surface area contributed by atoms with Crippen molar-refractivity contribution in [1.29, 1.82) is 0 Å². The molecule has 90 heavy (non-hydrogen) atoms. The van der Waals surface area contributed by atoms with Crippen LogP contribution in [0, 0.1) is 0 Å². The molecule has 0 fully saturated rings. The first-order valence-electron chi connectivity index (χ1n) is 39.0. The third kappa shape index (κ3) is 74.7. The Morgan fingerprint density at radius 2 is 0.633 bits per heavy atom. The summed E-state index contributed by atoms with van der Waals surface area (Å²) in [5.74, 6) is -0.774. The first-order valence-corrected chi connectivity index (χ1v) is 40.5. The number of esters is 2. The van der Waals surface area contributed by atoms with E-state index in [2.05, 4.69) is 74.6 Å². The monoisotopic (exact) mass is 1290 g/mol. The van der Waals surface area contributed by atoms with Gasteiger partial charge >= 0.3 is 19.8 Å². The van der Waals surface area contributed by atoms with Crippen molar-refractivity contribution >= 4 is 19.8 Å². The Kier molecular flexibility index (Phi) is 69.2. The SMILES string of the molecule is CC/C=C\C/C=C\C/C=C\C/C=C\C/C=C\CCCCCCCCCCCCCCCCCCCCCC(=O)OC(COC(=O)CCCCCCCCCCCCCCCCCCCCCCCCCCCCCCCCC)COP(=O)(O)OCC[N+](C)(C)C. The first-order chi connectivity index (χ1) is 44.0. The molecule has 2 atom stereocenters. The molecule has 0 heterocycles. The van der Waals surface area contributed by atoms with Crippen molar-refractivity contribution in [2.45, 2.75) is 392 Å². The minimum atomic E-state index is -4.39. The molecule has 0 spiro atoms. The van der Waals surface area contributed by atoms with Crippen LogP contribution < -0.4 is 0 Å². The average Bonchev–Trinajstić information content (AvgIpc) is 3.61. The number of rotatable bonds is 73. The molecular weight excluding hydrogens is 1130 g/mol. The molecule has 0 radical (unpaired) electrons. The van der Waals surface area contributed by atoms with Crippen molar-refractivity contribution in [3.05, 3.63) is 60.8 Å². The minimum absolute atomic E-state index is 0.0340. The summed E-state index contributed by atoms with van der Waals surface area (Å²) in [6.45, 7) is 4.39. The smallest absolute Gasteiger partial charge is 0.462 e. The highest BCUT2D eigenvalue weighted by atomic mass is 31.2. The van der Waals surface area contributed by atoms with E-state index in [1.54, 1.807) is 0 Å². The molecule has 0 saturated carbocycles. The summed E-state index contributed by atoms with van der Waals surface area (Å²) in [5, 5.41) is 0. The number of carbonyl (C=O) groups is 2. The number of unbranched alkanes of at least 4 members (excludes halogenated alkanes) is 49. The number of likely N-dealkylation sites (N-methyl/N-ethyl adjacent to an activating group) is 1. The number of nitrogens with zero attached hydrogens (tertiary/aromatic N) is 1. The summed E-state index contributed by atoms with van der Waals surface area (Å²) in [6, 6.07) is 0. The Bertz CT molecular complexity index is 1700. The number of carbonyl (C=O) groups excluding carboxylic acids is 2. The van der Waals surface area contributed by atoms with E-state index in [0.29, 0.717) is 23.9 Å². The predicted octanol–water partition coefficient (Wildman–Crippen LogP) is 25.7. The molecule has 0 aliphatic heterocycles. The van der Waals surface area contributed by atoms with E-state index < -0.39 is 26.5 Å². The zero-order valence-corrected chi connectivity index (χ0v) is 61.3. The van der Waals surface area contributed by atoms with E-state index in [1.807, 2.05) is 21.1 Å². The number of phosphoric acid groups is 1. The van der Waals surface area contributed by atoms with E-state index >= 15 is 0 Å². The number of quaternary nitrogens is 1. The van der Waals surface area contributed by atoms with Crippen LogP contribution in [0.15, 0.2) is 60.8 Å². The van der Waals surface area contributed by atoms with E-state index in [-0.39, 0.29) is 25.6 Å². The number of ether oxygens (including phenoxy) is 2. The van der Waals surface area contributed by atoms with Crippen molar-refractivity contribution in [1.82, 2.24) is 0 Å². The maximum absolute atomic E-state index is 12.9. The highest BCUT2D eigenvalue weighted by molar-refractivity contribution is 7.47. The van der Waals surface area contributed by atoms with Gasteiger partial charge in [0.05, 0.1) is 27.7 Å². The van der Waals surface area contributed by atoms with Crippen LogP contribution in [0.5, 0.6) is 0 Å². The van der Waals surface area contributed by atoms with Gasteiger partial charge < -0.3 is 18.9 Å². The third-order valence-electron chi connectivity index (χ3n) is 17.6. The lowest BCUT2D eigenvalue weighted by Gasteiger charge is -2.24. The van der Waals surface area contributed by atoms with Crippen LogP contribution in [0.25, 0.3) is 0 Å². The summed E-state index contributed by atoms with van der Waals surface area (Å²) >= 11 is 0. The zero-order chi connectivity index (χ0) is 65.5. The van der Waals surface area contributed by atoms with Crippen LogP contribution >= 0.6 is 7.82 Å². The van der Waals surface area contributed by atoms with E-state index in [1.165, 1.54) is 289 Å². The molecular formula is C80H151NO8P+. The highest BCUT2D eigenvalue weighted by Gasteiger charge is 2.27. The van der Waals surface area contributed by atoms with Gasteiger partial charge in [-0.1, -0.05) is 376 Å². The molecule has 0 aromatic carbocycles. The van der Waals surface area contributed by atoms with Gasteiger partial charge in [0.2, 0.25) is 0 Å². The van der Waals surface area contributed by atoms with Gasteiger partial charge in [-0.3, -0.25) is 18.6 Å². The van der Waals surface area contributed by atoms with Crippen LogP contribution in [0.3, 0.4) is 0 Å². The zero-order valence-electron chi connectivity index (χ0n) is 60.4. The van der Waals surface area contributed by atoms with E-state index in [0.717, 1.165) is 64.2 Å². The van der Waals surface area contributed by atoms with Crippen LogP contribution in [0.1, 0.15) is 386 Å². The molecule has 0 aromatic heterocycles. The molecule has 9 nitrogen and oxygen atoms in total. The van der Waals surface area contributed by atoms with Gasteiger partial charge in [-0.05, 0) is 57.8 Å².